The first kappa shape index (κ1) is 10.6. The van der Waals surface area contributed by atoms with Crippen molar-refractivity contribution in [1.29, 1.82) is 0 Å². The van der Waals surface area contributed by atoms with Gasteiger partial charge < -0.3 is 9.84 Å². The van der Waals surface area contributed by atoms with Gasteiger partial charge in [0, 0.05) is 31.5 Å². The van der Waals surface area contributed by atoms with E-state index in [1.165, 1.54) is 0 Å². The molecule has 0 spiro atoms. The van der Waals surface area contributed by atoms with Crippen molar-refractivity contribution in [1.82, 2.24) is 4.98 Å². The Kier molecular flexibility index (Phi) is 3.34. The number of hydrogen-bond donors (Lipinski definition) is 1. The van der Waals surface area contributed by atoms with Gasteiger partial charge in [-0.25, -0.2) is 0 Å². The minimum absolute atomic E-state index is 0.620. The van der Waals surface area contributed by atoms with Crippen LogP contribution in [-0.2, 0) is 11.2 Å². The summed E-state index contributed by atoms with van der Waals surface area (Å²) in [6.07, 6.45) is 4.86. The number of nitrogens with zero attached hydrogens (tertiary/aromatic N) is 1. The van der Waals surface area contributed by atoms with Crippen LogP contribution < -0.4 is 0 Å². The molecular weight excluding hydrogens is 190 g/mol. The molecule has 0 aromatic carbocycles. The molecule has 15 heavy (non-hydrogen) atoms. The van der Waals surface area contributed by atoms with Crippen LogP contribution >= 0.6 is 0 Å². The Morgan fingerprint density at radius 1 is 1.33 bits per heavy atom. The first-order valence-corrected chi connectivity index (χ1v) is 5.49. The summed E-state index contributed by atoms with van der Waals surface area (Å²) in [6.45, 7) is 1.42. The van der Waals surface area contributed by atoms with E-state index >= 15 is 0 Å². The smallest absolute Gasteiger partial charge is 0.0725 e. The van der Waals surface area contributed by atoms with Gasteiger partial charge in [-0.2, -0.15) is 0 Å². The molecule has 1 aromatic rings. The molecule has 0 bridgehead atoms. The van der Waals surface area contributed by atoms with Crippen LogP contribution in [0, 0.1) is 0 Å². The van der Waals surface area contributed by atoms with Crippen molar-refractivity contribution in [3.63, 3.8) is 0 Å². The van der Waals surface area contributed by atoms with Gasteiger partial charge >= 0.3 is 0 Å². The van der Waals surface area contributed by atoms with Gasteiger partial charge in [-0.1, -0.05) is 6.07 Å². The zero-order valence-electron chi connectivity index (χ0n) is 8.85. The third kappa shape index (κ3) is 3.01. The maximum Gasteiger partial charge on any atom is 0.0725 e. The molecule has 0 aliphatic carbocycles. The van der Waals surface area contributed by atoms with Gasteiger partial charge in [0.1, 0.15) is 0 Å². The lowest BCUT2D eigenvalue weighted by Crippen LogP contribution is -2.32. The largest absolute Gasteiger partial charge is 0.389 e. The van der Waals surface area contributed by atoms with E-state index in [1.54, 1.807) is 6.20 Å². The maximum atomic E-state index is 10.4. The maximum absolute atomic E-state index is 10.4. The molecule has 2 heterocycles. The van der Waals surface area contributed by atoms with Gasteiger partial charge in [-0.15, -0.1) is 0 Å². The fraction of sp³-hybridized carbons (Fsp3) is 0.583. The highest BCUT2D eigenvalue weighted by atomic mass is 16.5. The molecule has 1 unspecified atom stereocenters. The number of ether oxygens (including phenoxy) is 1. The van der Waals surface area contributed by atoms with Crippen LogP contribution in [0.4, 0.5) is 0 Å². The van der Waals surface area contributed by atoms with Crippen molar-refractivity contribution < 1.29 is 9.84 Å². The molecule has 3 nitrogen and oxygen atoms in total. The van der Waals surface area contributed by atoms with Crippen molar-refractivity contribution in [2.45, 2.75) is 31.3 Å². The molecule has 1 atom stereocenters. The minimum Gasteiger partial charge on any atom is -0.389 e. The molecule has 2 rings (SSSR count). The summed E-state index contributed by atoms with van der Waals surface area (Å²) in [6, 6.07) is 5.81. The zero-order chi connectivity index (χ0) is 10.6. The summed E-state index contributed by atoms with van der Waals surface area (Å²) in [5, 5.41) is 10.4. The van der Waals surface area contributed by atoms with E-state index in [2.05, 4.69) is 4.98 Å². The molecule has 1 saturated heterocycles. The SMILES string of the molecule is OC1(Cc2ccccn2)CCCOCC1. The first-order valence-electron chi connectivity index (χ1n) is 5.49. The highest BCUT2D eigenvalue weighted by Gasteiger charge is 2.28. The normalized spacial score (nSPS) is 27.3. The van der Waals surface area contributed by atoms with Crippen LogP contribution in [0.3, 0.4) is 0 Å². The second kappa shape index (κ2) is 4.73. The van der Waals surface area contributed by atoms with Gasteiger partial charge in [-0.05, 0) is 31.4 Å². The first-order chi connectivity index (χ1) is 7.29. The van der Waals surface area contributed by atoms with Crippen molar-refractivity contribution in [3.8, 4) is 0 Å². The molecule has 1 fully saturated rings. The lowest BCUT2D eigenvalue weighted by atomic mass is 9.89. The standard InChI is InChI=1S/C12H17NO2/c14-12(5-3-8-15-9-6-12)10-11-4-1-2-7-13-11/h1-2,4,7,14H,3,5-6,8-10H2. The van der Waals surface area contributed by atoms with Crippen LogP contribution in [0.5, 0.6) is 0 Å². The molecule has 0 saturated carbocycles. The van der Waals surface area contributed by atoms with E-state index < -0.39 is 5.60 Å². The summed E-state index contributed by atoms with van der Waals surface area (Å²) in [5.74, 6) is 0. The molecule has 0 radical (unpaired) electrons. The molecule has 1 aliphatic rings. The van der Waals surface area contributed by atoms with Gasteiger partial charge in [0.05, 0.1) is 5.60 Å². The minimum atomic E-state index is -0.620. The molecule has 0 amide bonds. The van der Waals surface area contributed by atoms with E-state index in [1.807, 2.05) is 18.2 Å². The summed E-state index contributed by atoms with van der Waals surface area (Å²) < 4.78 is 5.35. The fourth-order valence-corrected chi connectivity index (χ4v) is 2.01. The second-order valence-electron chi connectivity index (χ2n) is 4.19. The summed E-state index contributed by atoms with van der Waals surface area (Å²) in [7, 11) is 0. The zero-order valence-corrected chi connectivity index (χ0v) is 8.85. The molecular formula is C12H17NO2. The van der Waals surface area contributed by atoms with Crippen molar-refractivity contribution in [2.24, 2.45) is 0 Å². The summed E-state index contributed by atoms with van der Waals surface area (Å²) >= 11 is 0. The summed E-state index contributed by atoms with van der Waals surface area (Å²) in [5.41, 5.74) is 0.340. The third-order valence-electron chi connectivity index (χ3n) is 2.88. The van der Waals surface area contributed by atoms with E-state index in [0.717, 1.165) is 25.1 Å². The lowest BCUT2D eigenvalue weighted by molar-refractivity contribution is 0.0180. The quantitative estimate of drug-likeness (QED) is 0.800. The Morgan fingerprint density at radius 2 is 2.27 bits per heavy atom. The molecule has 1 aliphatic heterocycles. The van der Waals surface area contributed by atoms with Gasteiger partial charge in [0.25, 0.3) is 0 Å². The third-order valence-corrected chi connectivity index (χ3v) is 2.88. The van der Waals surface area contributed by atoms with E-state index in [9.17, 15) is 5.11 Å². The topological polar surface area (TPSA) is 42.4 Å². The summed E-state index contributed by atoms with van der Waals surface area (Å²) in [4.78, 5) is 4.25. The molecule has 1 N–H and O–H groups in total. The van der Waals surface area contributed by atoms with Crippen LogP contribution in [0.25, 0.3) is 0 Å². The Hall–Kier alpha value is -0.930. The highest BCUT2D eigenvalue weighted by Crippen LogP contribution is 2.24. The number of hydrogen-bond acceptors (Lipinski definition) is 3. The van der Waals surface area contributed by atoms with Crippen LogP contribution in [0.2, 0.25) is 0 Å². The Balaban J connectivity index is 2.02. The van der Waals surface area contributed by atoms with E-state index in [4.69, 9.17) is 4.74 Å². The number of rotatable bonds is 2. The van der Waals surface area contributed by atoms with Crippen LogP contribution in [-0.4, -0.2) is 28.9 Å². The lowest BCUT2D eigenvalue weighted by Gasteiger charge is -2.25. The molecule has 1 aromatic heterocycles. The number of aliphatic hydroxyl groups is 1. The van der Waals surface area contributed by atoms with Crippen molar-refractivity contribution in [2.75, 3.05) is 13.2 Å². The van der Waals surface area contributed by atoms with Crippen LogP contribution in [0.15, 0.2) is 24.4 Å². The van der Waals surface area contributed by atoms with Crippen molar-refractivity contribution in [3.05, 3.63) is 30.1 Å². The molecule has 3 heteroatoms. The second-order valence-corrected chi connectivity index (χ2v) is 4.19. The van der Waals surface area contributed by atoms with E-state index in [-0.39, 0.29) is 0 Å². The Bertz CT molecular complexity index is 292. The number of aromatic nitrogens is 1. The monoisotopic (exact) mass is 207 g/mol. The molecule has 82 valence electrons. The predicted octanol–water partition coefficient (Wildman–Crippen LogP) is 1.56. The highest BCUT2D eigenvalue weighted by molar-refractivity contribution is 5.07. The van der Waals surface area contributed by atoms with Crippen molar-refractivity contribution >= 4 is 0 Å². The van der Waals surface area contributed by atoms with Gasteiger partial charge in [0.15, 0.2) is 0 Å². The van der Waals surface area contributed by atoms with Crippen LogP contribution in [0.1, 0.15) is 25.0 Å². The van der Waals surface area contributed by atoms with Gasteiger partial charge in [-0.3, -0.25) is 4.98 Å². The fourth-order valence-electron chi connectivity index (χ4n) is 2.01. The number of pyridine rings is 1. The predicted molar refractivity (Wildman–Crippen MR) is 57.6 cm³/mol. The Morgan fingerprint density at radius 3 is 3.07 bits per heavy atom. The average Bonchev–Trinajstić information content (AvgIpc) is 2.45. The Labute approximate surface area is 90.1 Å². The van der Waals surface area contributed by atoms with E-state index in [0.29, 0.717) is 19.4 Å². The van der Waals surface area contributed by atoms with Gasteiger partial charge in [0.2, 0.25) is 0 Å². The average molecular weight is 207 g/mol.